The minimum Gasteiger partial charge on any atom is -0.480 e. The molecule has 0 spiro atoms. The maximum absolute atomic E-state index is 11.3. The molecule has 1 fully saturated rings. The molecule has 1 N–H and O–H groups in total. The molecule has 0 aromatic carbocycles. The van der Waals surface area contributed by atoms with Crippen LogP contribution in [0.5, 0.6) is 0 Å². The normalized spacial score (nSPS) is 23.0. The van der Waals surface area contributed by atoms with Crippen LogP contribution < -0.4 is 0 Å². The zero-order chi connectivity index (χ0) is 10.6. The van der Waals surface area contributed by atoms with E-state index in [0.717, 1.165) is 38.8 Å². The lowest BCUT2D eigenvalue weighted by Crippen LogP contribution is -2.54. The quantitative estimate of drug-likeness (QED) is 0.754. The number of hydrogen-bond acceptors (Lipinski definition) is 2. The molecule has 1 rings (SSSR count). The van der Waals surface area contributed by atoms with Crippen LogP contribution in [0.3, 0.4) is 0 Å². The minimum absolute atomic E-state index is 0.630. The van der Waals surface area contributed by atoms with E-state index in [1.807, 2.05) is 13.8 Å². The third-order valence-electron chi connectivity index (χ3n) is 3.25. The molecule has 1 saturated heterocycles. The lowest BCUT2D eigenvalue weighted by atomic mass is 9.91. The van der Waals surface area contributed by atoms with Crippen LogP contribution in [-0.2, 0) is 4.79 Å². The van der Waals surface area contributed by atoms with Crippen molar-refractivity contribution >= 4 is 5.97 Å². The van der Waals surface area contributed by atoms with Gasteiger partial charge in [0.2, 0.25) is 0 Å². The van der Waals surface area contributed by atoms with Crippen molar-refractivity contribution in [3.8, 4) is 0 Å². The number of rotatable bonds is 4. The fourth-order valence-corrected chi connectivity index (χ4v) is 2.27. The average Bonchev–Trinajstić information content (AvgIpc) is 2.19. The predicted molar refractivity (Wildman–Crippen MR) is 56.4 cm³/mol. The first-order chi connectivity index (χ1) is 6.61. The molecular formula is C11H21NO2. The summed E-state index contributed by atoms with van der Waals surface area (Å²) in [5.41, 5.74) is -0.630. The molecule has 3 heteroatoms. The second-order valence-electron chi connectivity index (χ2n) is 4.38. The summed E-state index contributed by atoms with van der Waals surface area (Å²) in [4.78, 5) is 13.4. The second-order valence-corrected chi connectivity index (χ2v) is 4.38. The van der Waals surface area contributed by atoms with Crippen LogP contribution >= 0.6 is 0 Å². The highest BCUT2D eigenvalue weighted by atomic mass is 16.4. The maximum atomic E-state index is 11.3. The number of nitrogens with zero attached hydrogens (tertiary/aromatic N) is 1. The first-order valence-electron chi connectivity index (χ1n) is 5.59. The molecule has 0 radical (unpaired) electrons. The van der Waals surface area contributed by atoms with Crippen LogP contribution in [0.15, 0.2) is 0 Å². The van der Waals surface area contributed by atoms with Gasteiger partial charge in [-0.3, -0.25) is 9.69 Å². The highest BCUT2D eigenvalue weighted by Gasteiger charge is 2.38. The van der Waals surface area contributed by atoms with Gasteiger partial charge < -0.3 is 5.11 Å². The van der Waals surface area contributed by atoms with E-state index in [-0.39, 0.29) is 0 Å². The van der Waals surface area contributed by atoms with E-state index in [0.29, 0.717) is 0 Å². The highest BCUT2D eigenvalue weighted by Crippen LogP contribution is 2.25. The number of piperidine rings is 1. The van der Waals surface area contributed by atoms with Crippen molar-refractivity contribution in [1.82, 2.24) is 4.90 Å². The molecule has 14 heavy (non-hydrogen) atoms. The Morgan fingerprint density at radius 3 is 2.36 bits per heavy atom. The molecule has 0 amide bonds. The fraction of sp³-hybridized carbons (Fsp3) is 0.909. The van der Waals surface area contributed by atoms with Crippen LogP contribution in [0.2, 0.25) is 0 Å². The Balaban J connectivity index is 2.69. The van der Waals surface area contributed by atoms with Gasteiger partial charge in [-0.05, 0) is 39.3 Å². The van der Waals surface area contributed by atoms with E-state index >= 15 is 0 Å². The maximum Gasteiger partial charge on any atom is 0.323 e. The van der Waals surface area contributed by atoms with Crippen LogP contribution in [0.1, 0.15) is 46.0 Å². The molecule has 0 aromatic rings. The zero-order valence-electron chi connectivity index (χ0n) is 9.25. The average molecular weight is 199 g/mol. The molecule has 1 atom stereocenters. The van der Waals surface area contributed by atoms with Crippen molar-refractivity contribution in [1.29, 1.82) is 0 Å². The van der Waals surface area contributed by atoms with Crippen LogP contribution in [-0.4, -0.2) is 34.6 Å². The molecule has 82 valence electrons. The van der Waals surface area contributed by atoms with Crippen LogP contribution in [0.25, 0.3) is 0 Å². The summed E-state index contributed by atoms with van der Waals surface area (Å²) in [6.07, 6.45) is 5.22. The van der Waals surface area contributed by atoms with E-state index < -0.39 is 11.5 Å². The van der Waals surface area contributed by atoms with Gasteiger partial charge in [-0.15, -0.1) is 0 Å². The first-order valence-corrected chi connectivity index (χ1v) is 5.59. The van der Waals surface area contributed by atoms with E-state index in [9.17, 15) is 9.90 Å². The fourth-order valence-electron chi connectivity index (χ4n) is 2.27. The number of aliphatic carboxylic acids is 1. The Labute approximate surface area is 86.1 Å². The molecule has 0 aromatic heterocycles. The second kappa shape index (κ2) is 4.78. The lowest BCUT2D eigenvalue weighted by molar-refractivity contribution is -0.151. The topological polar surface area (TPSA) is 40.5 Å². The van der Waals surface area contributed by atoms with Crippen molar-refractivity contribution in [2.45, 2.75) is 51.5 Å². The molecule has 1 heterocycles. The molecule has 0 saturated carbocycles. The molecule has 1 unspecified atom stereocenters. The van der Waals surface area contributed by atoms with Gasteiger partial charge in [0, 0.05) is 0 Å². The van der Waals surface area contributed by atoms with Crippen molar-refractivity contribution in [3.63, 3.8) is 0 Å². The van der Waals surface area contributed by atoms with Gasteiger partial charge in [0.15, 0.2) is 0 Å². The molecule has 3 nitrogen and oxygen atoms in total. The number of carboxylic acid groups (broad SMARTS) is 1. The molecular weight excluding hydrogens is 178 g/mol. The predicted octanol–water partition coefficient (Wildman–Crippen LogP) is 2.12. The van der Waals surface area contributed by atoms with E-state index in [4.69, 9.17) is 0 Å². The molecule has 0 bridgehead atoms. The lowest BCUT2D eigenvalue weighted by Gasteiger charge is -2.40. The Morgan fingerprint density at radius 1 is 1.36 bits per heavy atom. The van der Waals surface area contributed by atoms with Crippen LogP contribution in [0, 0.1) is 0 Å². The molecule has 1 aliphatic heterocycles. The summed E-state index contributed by atoms with van der Waals surface area (Å²) < 4.78 is 0. The Morgan fingerprint density at radius 2 is 1.93 bits per heavy atom. The van der Waals surface area contributed by atoms with Crippen molar-refractivity contribution in [2.75, 3.05) is 13.1 Å². The zero-order valence-corrected chi connectivity index (χ0v) is 9.25. The van der Waals surface area contributed by atoms with Gasteiger partial charge in [0.05, 0.1) is 0 Å². The van der Waals surface area contributed by atoms with Crippen molar-refractivity contribution in [2.24, 2.45) is 0 Å². The van der Waals surface area contributed by atoms with Gasteiger partial charge in [0.1, 0.15) is 5.54 Å². The Hall–Kier alpha value is -0.570. The Kier molecular flexibility index (Phi) is 3.93. The summed E-state index contributed by atoms with van der Waals surface area (Å²) in [6, 6.07) is 0. The first kappa shape index (κ1) is 11.5. The monoisotopic (exact) mass is 199 g/mol. The van der Waals surface area contributed by atoms with E-state index in [1.54, 1.807) is 0 Å². The van der Waals surface area contributed by atoms with Crippen molar-refractivity contribution in [3.05, 3.63) is 0 Å². The number of carbonyl (C=O) groups is 1. The number of likely N-dealkylation sites (tertiary alicyclic amines) is 1. The van der Waals surface area contributed by atoms with Gasteiger partial charge in [-0.25, -0.2) is 0 Å². The summed E-state index contributed by atoms with van der Waals surface area (Å²) in [5, 5.41) is 9.27. The van der Waals surface area contributed by atoms with Gasteiger partial charge in [-0.1, -0.05) is 19.8 Å². The van der Waals surface area contributed by atoms with E-state index in [2.05, 4.69) is 4.90 Å². The smallest absolute Gasteiger partial charge is 0.323 e. The Bertz CT molecular complexity index is 199. The summed E-state index contributed by atoms with van der Waals surface area (Å²) in [6.45, 7) is 5.81. The van der Waals surface area contributed by atoms with E-state index in [1.165, 1.54) is 6.42 Å². The number of carboxylic acids is 1. The van der Waals surface area contributed by atoms with Crippen LogP contribution in [0.4, 0.5) is 0 Å². The summed E-state index contributed by atoms with van der Waals surface area (Å²) in [7, 11) is 0. The van der Waals surface area contributed by atoms with Crippen molar-refractivity contribution < 1.29 is 9.90 Å². The minimum atomic E-state index is -0.666. The van der Waals surface area contributed by atoms with Gasteiger partial charge in [0.25, 0.3) is 0 Å². The molecule has 0 aliphatic carbocycles. The molecule has 1 aliphatic rings. The summed E-state index contributed by atoms with van der Waals surface area (Å²) in [5.74, 6) is -0.666. The largest absolute Gasteiger partial charge is 0.480 e. The highest BCUT2D eigenvalue weighted by molar-refractivity contribution is 5.78. The third-order valence-corrected chi connectivity index (χ3v) is 3.25. The third kappa shape index (κ3) is 2.27. The van der Waals surface area contributed by atoms with Gasteiger partial charge in [-0.2, -0.15) is 0 Å². The van der Waals surface area contributed by atoms with Gasteiger partial charge >= 0.3 is 5.97 Å². The SMILES string of the molecule is CCCC(C)(C(=O)O)N1CCCCC1. The number of hydrogen-bond donors (Lipinski definition) is 1. The summed E-state index contributed by atoms with van der Waals surface area (Å²) >= 11 is 0. The standard InChI is InChI=1S/C11H21NO2/c1-3-7-11(2,10(13)14)12-8-5-4-6-9-12/h3-9H2,1-2H3,(H,13,14).